The minimum Gasteiger partial charge on any atom is -0.484 e. The quantitative estimate of drug-likeness (QED) is 0.720. The van der Waals surface area contributed by atoms with Gasteiger partial charge < -0.3 is 4.74 Å². The van der Waals surface area contributed by atoms with Crippen molar-refractivity contribution in [1.82, 2.24) is 9.97 Å². The van der Waals surface area contributed by atoms with Crippen LogP contribution in [0.15, 0.2) is 54.0 Å². The Morgan fingerprint density at radius 3 is 2.73 bits per heavy atom. The fourth-order valence-electron chi connectivity index (χ4n) is 2.03. The third kappa shape index (κ3) is 4.57. The molecule has 0 radical (unpaired) electrons. The van der Waals surface area contributed by atoms with Crippen molar-refractivity contribution in [3.05, 3.63) is 59.6 Å². The highest BCUT2D eigenvalue weighted by Crippen LogP contribution is 2.31. The molecule has 1 amide bonds. The van der Waals surface area contributed by atoms with E-state index in [1.807, 2.05) is 6.07 Å². The molecule has 2 aromatic heterocycles. The van der Waals surface area contributed by atoms with E-state index in [2.05, 4.69) is 15.3 Å². The van der Waals surface area contributed by atoms with Gasteiger partial charge in [-0.3, -0.25) is 15.1 Å². The number of rotatable bonds is 5. The number of hydrogen-bond donors (Lipinski definition) is 1. The third-order valence-corrected chi connectivity index (χ3v) is 3.97. The molecule has 3 rings (SSSR count). The van der Waals surface area contributed by atoms with E-state index in [-0.39, 0.29) is 5.75 Å². The van der Waals surface area contributed by atoms with Crippen molar-refractivity contribution in [3.63, 3.8) is 0 Å². The molecule has 0 aliphatic carbocycles. The monoisotopic (exact) mass is 379 g/mol. The molecule has 0 bridgehead atoms. The lowest BCUT2D eigenvalue weighted by Gasteiger charge is -2.09. The number of nitrogens with one attached hydrogen (secondary N) is 1. The molecule has 0 fully saturated rings. The Hall–Kier alpha value is -2.94. The van der Waals surface area contributed by atoms with Gasteiger partial charge in [0.15, 0.2) is 11.7 Å². The molecule has 1 N–H and O–H groups in total. The van der Waals surface area contributed by atoms with Gasteiger partial charge >= 0.3 is 6.18 Å². The molecule has 9 heteroatoms. The Bertz CT molecular complexity index is 898. The molecule has 0 saturated carbocycles. The van der Waals surface area contributed by atoms with E-state index in [9.17, 15) is 18.0 Å². The van der Waals surface area contributed by atoms with Gasteiger partial charge in [0.05, 0.1) is 11.3 Å². The van der Waals surface area contributed by atoms with Crippen molar-refractivity contribution in [3.8, 4) is 17.1 Å². The van der Waals surface area contributed by atoms with Crippen LogP contribution in [0.1, 0.15) is 5.56 Å². The summed E-state index contributed by atoms with van der Waals surface area (Å²) in [5, 5.41) is 4.63. The predicted octanol–water partition coefficient (Wildman–Crippen LogP) is 4.24. The number of aromatic nitrogens is 2. The lowest BCUT2D eigenvalue weighted by molar-refractivity contribution is -0.137. The van der Waals surface area contributed by atoms with E-state index in [0.29, 0.717) is 16.5 Å². The van der Waals surface area contributed by atoms with Crippen LogP contribution in [-0.2, 0) is 11.0 Å². The van der Waals surface area contributed by atoms with Gasteiger partial charge in [0.2, 0.25) is 0 Å². The van der Waals surface area contributed by atoms with Gasteiger partial charge in [-0.25, -0.2) is 4.98 Å². The second-order valence-electron chi connectivity index (χ2n) is 5.12. The van der Waals surface area contributed by atoms with Gasteiger partial charge in [-0.15, -0.1) is 11.3 Å². The van der Waals surface area contributed by atoms with Crippen LogP contribution in [0.4, 0.5) is 18.3 Å². The average Bonchev–Trinajstić information content (AvgIpc) is 3.09. The van der Waals surface area contributed by atoms with Gasteiger partial charge in [0.1, 0.15) is 11.4 Å². The second-order valence-corrected chi connectivity index (χ2v) is 5.97. The summed E-state index contributed by atoms with van der Waals surface area (Å²) in [6.07, 6.45) is -2.83. The summed E-state index contributed by atoms with van der Waals surface area (Å²) in [5.74, 6) is -0.562. The summed E-state index contributed by atoms with van der Waals surface area (Å²) in [7, 11) is 0. The highest BCUT2D eigenvalue weighted by atomic mass is 32.1. The molecular formula is C17H12F3N3O2S. The van der Waals surface area contributed by atoms with Gasteiger partial charge in [-0.2, -0.15) is 13.2 Å². The Labute approximate surface area is 150 Å². The molecule has 5 nitrogen and oxygen atoms in total. The summed E-state index contributed by atoms with van der Waals surface area (Å²) in [5.41, 5.74) is 0.449. The minimum atomic E-state index is -4.47. The summed E-state index contributed by atoms with van der Waals surface area (Å²) in [4.78, 5) is 20.3. The van der Waals surface area contributed by atoms with Crippen LogP contribution in [0.3, 0.4) is 0 Å². The smallest absolute Gasteiger partial charge is 0.416 e. The SMILES string of the molecule is O=C(COc1cccc(C(F)(F)F)c1)Nc1nc(-c2ccccn2)cs1. The second kappa shape index (κ2) is 7.52. The van der Waals surface area contributed by atoms with Gasteiger partial charge in [0.25, 0.3) is 5.91 Å². The molecule has 1 aromatic carbocycles. The summed E-state index contributed by atoms with van der Waals surface area (Å²) < 4.78 is 43.1. The molecule has 2 heterocycles. The lowest BCUT2D eigenvalue weighted by Crippen LogP contribution is -2.20. The normalized spacial score (nSPS) is 11.2. The molecule has 134 valence electrons. The Morgan fingerprint density at radius 2 is 2.00 bits per heavy atom. The maximum Gasteiger partial charge on any atom is 0.416 e. The zero-order valence-corrected chi connectivity index (χ0v) is 14.0. The number of ether oxygens (including phenoxy) is 1. The molecule has 3 aromatic rings. The van der Waals surface area contributed by atoms with Crippen LogP contribution < -0.4 is 10.1 Å². The molecule has 0 spiro atoms. The largest absolute Gasteiger partial charge is 0.484 e. The van der Waals surface area contributed by atoms with Crippen LogP contribution in [0.5, 0.6) is 5.75 Å². The topological polar surface area (TPSA) is 64.1 Å². The Kier molecular flexibility index (Phi) is 5.17. The first-order valence-corrected chi connectivity index (χ1v) is 8.26. The molecular weight excluding hydrogens is 367 g/mol. The zero-order valence-electron chi connectivity index (χ0n) is 13.2. The minimum absolute atomic E-state index is 0.0386. The molecule has 0 aliphatic rings. The van der Waals surface area contributed by atoms with E-state index >= 15 is 0 Å². The number of alkyl halides is 3. The maximum atomic E-state index is 12.6. The highest BCUT2D eigenvalue weighted by molar-refractivity contribution is 7.14. The first-order valence-electron chi connectivity index (χ1n) is 7.38. The molecule has 0 atom stereocenters. The number of anilines is 1. The van der Waals surface area contributed by atoms with Crippen molar-refractivity contribution in [1.29, 1.82) is 0 Å². The van der Waals surface area contributed by atoms with Crippen LogP contribution in [-0.4, -0.2) is 22.5 Å². The van der Waals surface area contributed by atoms with Crippen molar-refractivity contribution in [2.24, 2.45) is 0 Å². The molecule has 0 aliphatic heterocycles. The Balaban J connectivity index is 1.58. The number of amides is 1. The fraction of sp³-hybridized carbons (Fsp3) is 0.118. The van der Waals surface area contributed by atoms with E-state index in [1.54, 1.807) is 23.7 Å². The standard InChI is InChI=1S/C17H12F3N3O2S/c18-17(19,20)11-4-3-5-12(8-11)25-9-15(24)23-16-22-14(10-26-16)13-6-1-2-7-21-13/h1-8,10H,9H2,(H,22,23,24). The lowest BCUT2D eigenvalue weighted by atomic mass is 10.2. The predicted molar refractivity (Wildman–Crippen MR) is 90.9 cm³/mol. The molecule has 0 unspecified atom stereocenters. The third-order valence-electron chi connectivity index (χ3n) is 3.21. The summed E-state index contributed by atoms with van der Waals surface area (Å²) in [6, 6.07) is 9.74. The van der Waals surface area contributed by atoms with Crippen LogP contribution in [0.2, 0.25) is 0 Å². The van der Waals surface area contributed by atoms with Gasteiger partial charge in [-0.1, -0.05) is 12.1 Å². The highest BCUT2D eigenvalue weighted by Gasteiger charge is 2.30. The first kappa shape index (κ1) is 17.9. The van der Waals surface area contributed by atoms with Crippen LogP contribution >= 0.6 is 11.3 Å². The number of pyridine rings is 1. The van der Waals surface area contributed by atoms with Crippen molar-refractivity contribution < 1.29 is 22.7 Å². The summed E-state index contributed by atoms with van der Waals surface area (Å²) in [6.45, 7) is -0.431. The maximum absolute atomic E-state index is 12.6. The number of carbonyl (C=O) groups excluding carboxylic acids is 1. The van der Waals surface area contributed by atoms with E-state index in [0.717, 1.165) is 12.1 Å². The molecule has 26 heavy (non-hydrogen) atoms. The Morgan fingerprint density at radius 1 is 1.15 bits per heavy atom. The number of thiazole rings is 1. The zero-order chi connectivity index (χ0) is 18.6. The van der Waals surface area contributed by atoms with Crippen LogP contribution in [0.25, 0.3) is 11.4 Å². The summed E-state index contributed by atoms with van der Waals surface area (Å²) >= 11 is 1.21. The number of benzene rings is 1. The first-order chi connectivity index (χ1) is 12.4. The van der Waals surface area contributed by atoms with E-state index in [4.69, 9.17) is 4.74 Å². The molecule has 0 saturated heterocycles. The fourth-order valence-corrected chi connectivity index (χ4v) is 2.75. The number of carbonyl (C=O) groups is 1. The van der Waals surface area contributed by atoms with Crippen molar-refractivity contribution >= 4 is 22.4 Å². The van der Waals surface area contributed by atoms with Crippen molar-refractivity contribution in [2.75, 3.05) is 11.9 Å². The van der Waals surface area contributed by atoms with E-state index < -0.39 is 24.3 Å². The van der Waals surface area contributed by atoms with Gasteiger partial charge in [-0.05, 0) is 30.3 Å². The van der Waals surface area contributed by atoms with Crippen molar-refractivity contribution in [2.45, 2.75) is 6.18 Å². The van der Waals surface area contributed by atoms with Crippen LogP contribution in [0, 0.1) is 0 Å². The number of hydrogen-bond acceptors (Lipinski definition) is 5. The number of nitrogens with zero attached hydrogens (tertiary/aromatic N) is 2. The average molecular weight is 379 g/mol. The number of halogens is 3. The van der Waals surface area contributed by atoms with E-state index in [1.165, 1.54) is 23.5 Å². The van der Waals surface area contributed by atoms with Gasteiger partial charge in [0, 0.05) is 11.6 Å².